The molecule has 0 aromatic heterocycles. The number of amides is 2. The number of hydrogen-bond acceptors (Lipinski definition) is 6. The zero-order valence-corrected chi connectivity index (χ0v) is 19.7. The van der Waals surface area contributed by atoms with Gasteiger partial charge in [0.15, 0.2) is 0 Å². The van der Waals surface area contributed by atoms with Crippen molar-refractivity contribution < 1.29 is 24.2 Å². The van der Waals surface area contributed by atoms with Crippen molar-refractivity contribution in [3.63, 3.8) is 0 Å². The van der Waals surface area contributed by atoms with Gasteiger partial charge in [0.05, 0.1) is 33.9 Å². The van der Waals surface area contributed by atoms with E-state index in [2.05, 4.69) is 5.32 Å². The van der Waals surface area contributed by atoms with Crippen molar-refractivity contribution in [2.24, 2.45) is 11.8 Å². The number of esters is 1. The molecule has 3 heterocycles. The van der Waals surface area contributed by atoms with Crippen LogP contribution in [0.15, 0.2) is 24.3 Å². The van der Waals surface area contributed by atoms with Crippen molar-refractivity contribution in [3.05, 3.63) is 29.3 Å². The third-order valence-corrected chi connectivity index (χ3v) is 9.08. The summed E-state index contributed by atoms with van der Waals surface area (Å²) in [5.41, 5.74) is 0.506. The van der Waals surface area contributed by atoms with E-state index in [0.717, 1.165) is 12.8 Å². The Morgan fingerprint density at radius 3 is 2.81 bits per heavy atom. The van der Waals surface area contributed by atoms with Crippen LogP contribution in [0.1, 0.15) is 39.0 Å². The van der Waals surface area contributed by atoms with Gasteiger partial charge in [-0.3, -0.25) is 14.4 Å². The molecule has 7 nitrogen and oxygen atoms in total. The molecular weight excluding hydrogens is 452 g/mol. The van der Waals surface area contributed by atoms with Crippen LogP contribution < -0.4 is 5.32 Å². The second-order valence-corrected chi connectivity index (χ2v) is 10.6. The lowest BCUT2D eigenvalue weighted by molar-refractivity contribution is -0.153. The number of fused-ring (bicyclic) bond motifs is 1. The quantitative estimate of drug-likeness (QED) is 0.416. The van der Waals surface area contributed by atoms with Gasteiger partial charge >= 0.3 is 5.97 Å². The lowest BCUT2D eigenvalue weighted by Gasteiger charge is -2.34. The van der Waals surface area contributed by atoms with Gasteiger partial charge in [0.1, 0.15) is 6.04 Å². The molecular formula is C23H29ClN2O5S. The standard InChI is InChI=1S/C23H29ClN2O5S/c1-2-31-22(30)17-16-10-11-23(32-16)18(17)21(29)26(12-6-3-7-13-27)19(23)20(28)25-15-9-5-4-8-14(15)24/h4-5,8-9,16-19,27H,2-3,6-7,10-13H2,1H3,(H,25,28)/t16-,17+,18-,19?,23?/m0/s1. The van der Waals surface area contributed by atoms with Gasteiger partial charge in [-0.1, -0.05) is 23.7 Å². The summed E-state index contributed by atoms with van der Waals surface area (Å²) >= 11 is 7.88. The van der Waals surface area contributed by atoms with Crippen molar-refractivity contribution in [1.82, 2.24) is 4.90 Å². The predicted octanol–water partition coefficient (Wildman–Crippen LogP) is 3.10. The number of likely N-dealkylation sites (tertiary alicyclic amines) is 1. The highest BCUT2D eigenvalue weighted by molar-refractivity contribution is 8.02. The van der Waals surface area contributed by atoms with Crippen LogP contribution in [0.2, 0.25) is 5.02 Å². The van der Waals surface area contributed by atoms with Gasteiger partial charge in [0.2, 0.25) is 11.8 Å². The third kappa shape index (κ3) is 3.90. The summed E-state index contributed by atoms with van der Waals surface area (Å²) in [6.45, 7) is 2.54. The average Bonchev–Trinajstić information content (AvgIpc) is 3.40. The minimum absolute atomic E-state index is 0.00449. The number of anilines is 1. The maximum absolute atomic E-state index is 13.6. The van der Waals surface area contributed by atoms with Crippen molar-refractivity contribution in [2.75, 3.05) is 25.1 Å². The van der Waals surface area contributed by atoms with Gasteiger partial charge in [-0.25, -0.2) is 0 Å². The first-order chi connectivity index (χ1) is 15.4. The number of ether oxygens (including phenoxy) is 1. The molecule has 3 aliphatic heterocycles. The Morgan fingerprint density at radius 2 is 2.09 bits per heavy atom. The first-order valence-electron chi connectivity index (χ1n) is 11.3. The first kappa shape index (κ1) is 23.4. The first-order valence-corrected chi connectivity index (χ1v) is 12.5. The topological polar surface area (TPSA) is 95.9 Å². The second kappa shape index (κ2) is 9.61. The van der Waals surface area contributed by atoms with Crippen LogP contribution in [0.3, 0.4) is 0 Å². The van der Waals surface area contributed by atoms with E-state index in [9.17, 15) is 14.4 Å². The molecule has 2 unspecified atom stereocenters. The largest absolute Gasteiger partial charge is 0.466 e. The van der Waals surface area contributed by atoms with Crippen molar-refractivity contribution in [3.8, 4) is 0 Å². The monoisotopic (exact) mass is 480 g/mol. The number of carbonyl (C=O) groups is 3. The van der Waals surface area contributed by atoms with Gasteiger partial charge < -0.3 is 20.1 Å². The average molecular weight is 481 g/mol. The van der Waals surface area contributed by atoms with E-state index in [1.54, 1.807) is 47.9 Å². The fourth-order valence-electron chi connectivity index (χ4n) is 5.53. The normalized spacial score (nSPS) is 30.5. The summed E-state index contributed by atoms with van der Waals surface area (Å²) < 4.78 is 4.68. The summed E-state index contributed by atoms with van der Waals surface area (Å²) in [5, 5.41) is 12.4. The summed E-state index contributed by atoms with van der Waals surface area (Å²) in [7, 11) is 0. The number of halogens is 1. The number of rotatable bonds is 9. The van der Waals surface area contributed by atoms with Crippen LogP contribution in [0.25, 0.3) is 0 Å². The van der Waals surface area contributed by atoms with E-state index >= 15 is 0 Å². The number of carbonyl (C=O) groups excluding carboxylic acids is 3. The van der Waals surface area contributed by atoms with Crippen LogP contribution in [0.4, 0.5) is 5.69 Å². The summed E-state index contributed by atoms with van der Waals surface area (Å²) in [4.78, 5) is 41.7. The predicted molar refractivity (Wildman–Crippen MR) is 123 cm³/mol. The molecule has 174 valence electrons. The van der Waals surface area contributed by atoms with E-state index in [1.165, 1.54) is 0 Å². The van der Waals surface area contributed by atoms with Gasteiger partial charge in [0, 0.05) is 18.4 Å². The lowest BCUT2D eigenvalue weighted by Crippen LogP contribution is -2.51. The Kier molecular flexibility index (Phi) is 7.03. The molecule has 32 heavy (non-hydrogen) atoms. The van der Waals surface area contributed by atoms with Gasteiger partial charge in [-0.2, -0.15) is 0 Å². The van der Waals surface area contributed by atoms with Crippen molar-refractivity contribution >= 4 is 46.8 Å². The highest BCUT2D eigenvalue weighted by Gasteiger charge is 2.73. The molecule has 1 aromatic carbocycles. The molecule has 4 rings (SSSR count). The number of hydrogen-bond donors (Lipinski definition) is 2. The van der Waals surface area contributed by atoms with Gasteiger partial charge in [0.25, 0.3) is 0 Å². The minimum atomic E-state index is -0.681. The highest BCUT2D eigenvalue weighted by atomic mass is 35.5. The lowest BCUT2D eigenvalue weighted by atomic mass is 9.71. The maximum Gasteiger partial charge on any atom is 0.310 e. The SMILES string of the molecule is CCOC(=O)[C@@H]1[C@@H]2CCC3(S2)C(C(=O)Nc2ccccc2Cl)N(CCCCCO)C(=O)[C@H]13. The molecule has 2 N–H and O–H groups in total. The fraction of sp³-hybridized carbons (Fsp3) is 0.609. The molecule has 9 heteroatoms. The number of aliphatic hydroxyl groups is 1. The minimum Gasteiger partial charge on any atom is -0.466 e. The van der Waals surface area contributed by atoms with Crippen LogP contribution in [0, 0.1) is 11.8 Å². The van der Waals surface area contributed by atoms with E-state index in [-0.39, 0.29) is 36.2 Å². The van der Waals surface area contributed by atoms with E-state index in [4.69, 9.17) is 21.4 Å². The number of aliphatic hydroxyl groups excluding tert-OH is 1. The smallest absolute Gasteiger partial charge is 0.310 e. The van der Waals surface area contributed by atoms with Crippen LogP contribution in [-0.4, -0.2) is 63.6 Å². The van der Waals surface area contributed by atoms with Crippen molar-refractivity contribution in [1.29, 1.82) is 0 Å². The molecule has 0 aliphatic carbocycles. The molecule has 2 amide bonds. The molecule has 3 saturated heterocycles. The molecule has 1 spiro atoms. The number of benzene rings is 1. The van der Waals surface area contributed by atoms with Crippen LogP contribution in [-0.2, 0) is 19.1 Å². The zero-order chi connectivity index (χ0) is 22.9. The van der Waals surface area contributed by atoms with Gasteiger partial charge in [-0.05, 0) is 51.2 Å². The highest BCUT2D eigenvalue weighted by Crippen LogP contribution is 2.66. The molecule has 0 saturated carbocycles. The number of unbranched alkanes of at least 4 members (excludes halogenated alkanes) is 2. The number of para-hydroxylation sites is 1. The Bertz CT molecular complexity index is 899. The Labute approximate surface area is 197 Å². The molecule has 1 aromatic rings. The number of nitrogens with zero attached hydrogens (tertiary/aromatic N) is 1. The molecule has 0 radical (unpaired) electrons. The summed E-state index contributed by atoms with van der Waals surface area (Å²) in [5.74, 6) is -1.81. The molecule has 3 fully saturated rings. The van der Waals surface area contributed by atoms with E-state index < -0.39 is 22.6 Å². The Balaban J connectivity index is 1.65. The van der Waals surface area contributed by atoms with Crippen LogP contribution in [0.5, 0.6) is 0 Å². The van der Waals surface area contributed by atoms with Crippen LogP contribution >= 0.6 is 23.4 Å². The van der Waals surface area contributed by atoms with Crippen molar-refractivity contribution in [2.45, 2.75) is 55.1 Å². The fourth-order valence-corrected chi connectivity index (χ4v) is 7.92. The Hall–Kier alpha value is -1.77. The Morgan fingerprint density at radius 1 is 1.31 bits per heavy atom. The molecule has 3 aliphatic rings. The second-order valence-electron chi connectivity index (χ2n) is 8.59. The molecule has 5 atom stereocenters. The zero-order valence-electron chi connectivity index (χ0n) is 18.1. The maximum atomic E-state index is 13.6. The summed E-state index contributed by atoms with van der Waals surface area (Å²) in [6, 6.07) is 6.34. The van der Waals surface area contributed by atoms with E-state index in [0.29, 0.717) is 36.5 Å². The number of thioether (sulfide) groups is 1. The van der Waals surface area contributed by atoms with Gasteiger partial charge in [-0.15, -0.1) is 11.8 Å². The third-order valence-electron chi connectivity index (χ3n) is 6.80. The molecule has 2 bridgehead atoms. The number of nitrogens with one attached hydrogen (secondary N) is 1. The van der Waals surface area contributed by atoms with E-state index in [1.807, 2.05) is 0 Å². The summed E-state index contributed by atoms with van der Waals surface area (Å²) in [6.07, 6.45) is 3.58.